The van der Waals surface area contributed by atoms with Gasteiger partial charge >= 0.3 is 0 Å². The predicted molar refractivity (Wildman–Crippen MR) is 67.1 cm³/mol. The van der Waals surface area contributed by atoms with Gasteiger partial charge in [-0.15, -0.1) is 11.3 Å². The van der Waals surface area contributed by atoms with Crippen molar-refractivity contribution in [1.82, 2.24) is 4.98 Å². The van der Waals surface area contributed by atoms with Crippen LogP contribution in [-0.2, 0) is 17.7 Å². The van der Waals surface area contributed by atoms with Crippen LogP contribution in [0.25, 0.3) is 0 Å². The third-order valence-corrected chi connectivity index (χ3v) is 4.14. The first-order valence-electron chi connectivity index (χ1n) is 6.13. The molecule has 4 heteroatoms. The van der Waals surface area contributed by atoms with Gasteiger partial charge in [0.25, 0.3) is 0 Å². The summed E-state index contributed by atoms with van der Waals surface area (Å²) in [5, 5.41) is 2.16. The maximum absolute atomic E-state index is 5.90. The lowest BCUT2D eigenvalue weighted by atomic mass is 10.0. The summed E-state index contributed by atoms with van der Waals surface area (Å²) in [6.45, 7) is 4.07. The molecule has 0 saturated heterocycles. The number of nitrogens with zero attached hydrogens (tertiary/aromatic N) is 1. The average Bonchev–Trinajstić information content (AvgIpc) is 2.96. The summed E-state index contributed by atoms with van der Waals surface area (Å²) in [6, 6.07) is 2.19. The number of hydrogen-bond acceptors (Lipinski definition) is 2. The zero-order chi connectivity index (χ0) is 11.7. The van der Waals surface area contributed by atoms with E-state index in [-0.39, 0.29) is 6.10 Å². The molecular weight excluding hydrogens is 232 g/mol. The van der Waals surface area contributed by atoms with Crippen LogP contribution in [0.15, 0.2) is 24.0 Å². The number of aromatic nitrogens is 2. The van der Waals surface area contributed by atoms with Gasteiger partial charge < -0.3 is 4.74 Å². The lowest BCUT2D eigenvalue weighted by Crippen LogP contribution is -2.30. The van der Waals surface area contributed by atoms with Crippen LogP contribution in [0.2, 0.25) is 0 Å². The van der Waals surface area contributed by atoms with Gasteiger partial charge in [0.1, 0.15) is 12.3 Å². The Bertz CT molecular complexity index is 503. The van der Waals surface area contributed by atoms with Crippen LogP contribution in [0.5, 0.6) is 0 Å². The van der Waals surface area contributed by atoms with Crippen molar-refractivity contribution < 1.29 is 9.30 Å². The van der Waals surface area contributed by atoms with Crippen LogP contribution < -0.4 is 4.57 Å². The zero-order valence-corrected chi connectivity index (χ0v) is 10.8. The van der Waals surface area contributed by atoms with Crippen molar-refractivity contribution >= 4 is 11.3 Å². The van der Waals surface area contributed by atoms with E-state index in [4.69, 9.17) is 4.74 Å². The molecule has 2 aromatic heterocycles. The van der Waals surface area contributed by atoms with Crippen LogP contribution in [0.3, 0.4) is 0 Å². The minimum absolute atomic E-state index is 0.100. The van der Waals surface area contributed by atoms with Gasteiger partial charge in [-0.25, -0.2) is 9.55 Å². The standard InChI is InChI=1S/C13H16N2OS/c1-2-5-15-8-11(14-9-15)13-10-4-7-17-12(10)3-6-16-13/h4,7-9,13H,2-3,5-6H2,1H3/p+1. The number of thiophene rings is 1. The fraction of sp³-hybridized carbons (Fsp3) is 0.462. The molecular formula is C13H17N2OS+. The molecule has 0 bridgehead atoms. The van der Waals surface area contributed by atoms with Crippen molar-refractivity contribution in [3.05, 3.63) is 40.1 Å². The molecule has 1 atom stereocenters. The first-order chi connectivity index (χ1) is 8.38. The maximum Gasteiger partial charge on any atom is 0.241 e. The van der Waals surface area contributed by atoms with E-state index in [0.717, 1.165) is 31.7 Å². The summed E-state index contributed by atoms with van der Waals surface area (Å²) in [5.41, 5.74) is 2.50. The number of rotatable bonds is 3. The second-order valence-electron chi connectivity index (χ2n) is 4.40. The fourth-order valence-electron chi connectivity index (χ4n) is 2.35. The molecule has 0 radical (unpaired) electrons. The Kier molecular flexibility index (Phi) is 2.99. The van der Waals surface area contributed by atoms with Gasteiger partial charge in [0.2, 0.25) is 6.33 Å². The number of H-pyrrole nitrogens is 1. The SMILES string of the molecule is CCC[n+]1c[nH]c(C2OCCc3sccc32)c1. The summed E-state index contributed by atoms with van der Waals surface area (Å²) >= 11 is 1.84. The minimum atomic E-state index is 0.100. The molecule has 0 aromatic carbocycles. The van der Waals surface area contributed by atoms with Crippen LogP contribution in [0.4, 0.5) is 0 Å². The van der Waals surface area contributed by atoms with E-state index < -0.39 is 0 Å². The molecule has 3 nitrogen and oxygen atoms in total. The molecule has 2 aromatic rings. The molecule has 1 aliphatic rings. The quantitative estimate of drug-likeness (QED) is 0.832. The Balaban J connectivity index is 1.90. The molecule has 0 fully saturated rings. The first kappa shape index (κ1) is 11.0. The van der Waals surface area contributed by atoms with Crippen LogP contribution in [0, 0.1) is 0 Å². The Hall–Kier alpha value is -1.13. The van der Waals surface area contributed by atoms with E-state index in [0.29, 0.717) is 0 Å². The number of fused-ring (bicyclic) bond motifs is 1. The topological polar surface area (TPSA) is 28.9 Å². The summed E-state index contributed by atoms with van der Waals surface area (Å²) in [5.74, 6) is 0. The third kappa shape index (κ3) is 2.03. The number of aryl methyl sites for hydroxylation is 1. The molecule has 1 unspecified atom stereocenters. The molecule has 0 spiro atoms. The largest absolute Gasteiger partial charge is 0.364 e. The molecule has 3 heterocycles. The summed E-state index contributed by atoms with van der Waals surface area (Å²) < 4.78 is 8.10. The molecule has 0 saturated carbocycles. The maximum atomic E-state index is 5.90. The molecule has 1 N–H and O–H groups in total. The highest BCUT2D eigenvalue weighted by Gasteiger charge is 2.27. The number of aromatic amines is 1. The molecule has 90 valence electrons. The highest BCUT2D eigenvalue weighted by molar-refractivity contribution is 7.10. The number of nitrogens with one attached hydrogen (secondary N) is 1. The van der Waals surface area contributed by atoms with Crippen molar-refractivity contribution in [2.24, 2.45) is 0 Å². The van der Waals surface area contributed by atoms with E-state index in [1.54, 1.807) is 0 Å². The number of ether oxygens (including phenoxy) is 1. The fourth-order valence-corrected chi connectivity index (χ4v) is 3.24. The molecule has 0 aliphatic carbocycles. The normalized spacial score (nSPS) is 19.2. The monoisotopic (exact) mass is 249 g/mol. The van der Waals surface area contributed by atoms with Crippen molar-refractivity contribution in [3.63, 3.8) is 0 Å². The lowest BCUT2D eigenvalue weighted by molar-refractivity contribution is -0.695. The van der Waals surface area contributed by atoms with Crippen LogP contribution >= 0.6 is 11.3 Å². The molecule has 1 aliphatic heterocycles. The zero-order valence-electron chi connectivity index (χ0n) is 9.98. The van der Waals surface area contributed by atoms with Gasteiger partial charge in [0, 0.05) is 16.9 Å². The molecule has 17 heavy (non-hydrogen) atoms. The Morgan fingerprint density at radius 3 is 3.41 bits per heavy atom. The molecule has 0 amide bonds. The average molecular weight is 249 g/mol. The van der Waals surface area contributed by atoms with Crippen molar-refractivity contribution in [2.75, 3.05) is 6.61 Å². The van der Waals surface area contributed by atoms with Crippen molar-refractivity contribution in [3.8, 4) is 0 Å². The summed E-state index contributed by atoms with van der Waals surface area (Å²) in [4.78, 5) is 4.80. The summed E-state index contributed by atoms with van der Waals surface area (Å²) in [6.07, 6.45) is 6.50. The van der Waals surface area contributed by atoms with E-state index in [1.165, 1.54) is 10.4 Å². The third-order valence-electron chi connectivity index (χ3n) is 3.14. The van der Waals surface area contributed by atoms with Gasteiger partial charge in [0.05, 0.1) is 13.2 Å². The van der Waals surface area contributed by atoms with Crippen LogP contribution in [-0.4, -0.2) is 11.6 Å². The first-order valence-corrected chi connectivity index (χ1v) is 7.01. The number of hydrogen-bond donors (Lipinski definition) is 1. The van der Waals surface area contributed by atoms with E-state index in [9.17, 15) is 0 Å². The van der Waals surface area contributed by atoms with Gasteiger partial charge in [-0.1, -0.05) is 6.92 Å². The van der Waals surface area contributed by atoms with Crippen LogP contribution in [0.1, 0.15) is 35.6 Å². The van der Waals surface area contributed by atoms with Crippen molar-refractivity contribution in [1.29, 1.82) is 0 Å². The van der Waals surface area contributed by atoms with Gasteiger partial charge in [-0.3, -0.25) is 0 Å². The highest BCUT2D eigenvalue weighted by atomic mass is 32.1. The predicted octanol–water partition coefficient (Wildman–Crippen LogP) is 2.44. The van der Waals surface area contributed by atoms with Gasteiger partial charge in [-0.05, 0) is 17.9 Å². The Morgan fingerprint density at radius 1 is 1.59 bits per heavy atom. The number of imidazole rings is 1. The van der Waals surface area contributed by atoms with Crippen molar-refractivity contribution in [2.45, 2.75) is 32.4 Å². The highest BCUT2D eigenvalue weighted by Crippen LogP contribution is 2.34. The smallest absolute Gasteiger partial charge is 0.241 e. The van der Waals surface area contributed by atoms with E-state index in [1.807, 2.05) is 17.7 Å². The van der Waals surface area contributed by atoms with E-state index in [2.05, 4.69) is 34.1 Å². The molecule has 3 rings (SSSR count). The second-order valence-corrected chi connectivity index (χ2v) is 5.40. The van der Waals surface area contributed by atoms with Gasteiger partial charge in [-0.2, -0.15) is 0 Å². The Morgan fingerprint density at radius 2 is 2.53 bits per heavy atom. The lowest BCUT2D eigenvalue weighted by Gasteiger charge is -2.20. The summed E-state index contributed by atoms with van der Waals surface area (Å²) in [7, 11) is 0. The Labute approximate surface area is 105 Å². The van der Waals surface area contributed by atoms with Gasteiger partial charge in [0.15, 0.2) is 5.69 Å². The second kappa shape index (κ2) is 4.63. The van der Waals surface area contributed by atoms with E-state index >= 15 is 0 Å². The minimum Gasteiger partial charge on any atom is -0.364 e.